The summed E-state index contributed by atoms with van der Waals surface area (Å²) in [7, 11) is 0. The normalized spacial score (nSPS) is 11.5. The van der Waals surface area contributed by atoms with Crippen LogP contribution >= 0.6 is 0 Å². The minimum absolute atomic E-state index is 0.329. The quantitative estimate of drug-likeness (QED) is 0.161. The molecule has 47 heavy (non-hydrogen) atoms. The molecule has 0 atom stereocenters. The fourth-order valence-electron chi connectivity index (χ4n) is 6.97. The van der Waals surface area contributed by atoms with E-state index in [0.717, 1.165) is 70.2 Å². The van der Waals surface area contributed by atoms with Crippen molar-refractivity contribution in [1.29, 1.82) is 0 Å². The van der Waals surface area contributed by atoms with E-state index in [4.69, 9.17) is 9.84 Å². The van der Waals surface area contributed by atoms with Gasteiger partial charge in [-0.2, -0.15) is 5.10 Å². The van der Waals surface area contributed by atoms with Crippen LogP contribution in [-0.2, 0) is 25.7 Å². The molecule has 7 rings (SSSR count). The van der Waals surface area contributed by atoms with Gasteiger partial charge in [0.1, 0.15) is 23.1 Å². The number of aromatic nitrogens is 4. The second kappa shape index (κ2) is 12.5. The molecule has 236 valence electrons. The maximum atomic E-state index is 14.3. The Morgan fingerprint density at radius 3 is 2.17 bits per heavy atom. The van der Waals surface area contributed by atoms with Crippen LogP contribution in [0.4, 0.5) is 4.39 Å². The average Bonchev–Trinajstić information content (AvgIpc) is 3.62. The van der Waals surface area contributed by atoms with Crippen molar-refractivity contribution in [2.45, 2.75) is 60.3 Å². The molecule has 3 aromatic heterocycles. The standard InChI is InChI=1S/C41H39FN4O/c1-6-27-13-12-14-28(7-2)40(27)41-35(8-3)44-46(36(41)9-4)30-21-26(5)22-32(24-30)47-31-17-18-34-33-15-10-11-16-37(33)45(38(34)25-31)39-23-29(42)19-20-43-39/h10-25H,6-9H2,1-5H3. The summed E-state index contributed by atoms with van der Waals surface area (Å²) in [5.74, 6) is 1.61. The summed E-state index contributed by atoms with van der Waals surface area (Å²) in [6.45, 7) is 11.0. The smallest absolute Gasteiger partial charge is 0.140 e. The second-order valence-electron chi connectivity index (χ2n) is 12.0. The van der Waals surface area contributed by atoms with Crippen molar-refractivity contribution in [2.75, 3.05) is 0 Å². The van der Waals surface area contributed by atoms with Gasteiger partial charge in [-0.05, 0) is 91.3 Å². The molecule has 0 bridgehead atoms. The number of pyridine rings is 1. The highest BCUT2D eigenvalue weighted by Gasteiger charge is 2.23. The number of hydrogen-bond donors (Lipinski definition) is 0. The van der Waals surface area contributed by atoms with E-state index in [1.165, 1.54) is 46.3 Å². The van der Waals surface area contributed by atoms with Gasteiger partial charge >= 0.3 is 0 Å². The van der Waals surface area contributed by atoms with Crippen molar-refractivity contribution in [3.63, 3.8) is 0 Å². The number of ether oxygens (including phenoxy) is 1. The first-order valence-corrected chi connectivity index (χ1v) is 16.6. The summed E-state index contributed by atoms with van der Waals surface area (Å²) in [6, 6.07) is 30.0. The van der Waals surface area contributed by atoms with Crippen molar-refractivity contribution in [3.8, 4) is 34.1 Å². The molecule has 0 fully saturated rings. The molecular weight excluding hydrogens is 583 g/mol. The lowest BCUT2D eigenvalue weighted by molar-refractivity contribution is 0.482. The Balaban J connectivity index is 1.34. The van der Waals surface area contributed by atoms with E-state index >= 15 is 0 Å². The zero-order valence-corrected chi connectivity index (χ0v) is 27.6. The molecule has 0 aliphatic carbocycles. The zero-order chi connectivity index (χ0) is 32.7. The topological polar surface area (TPSA) is 44.9 Å². The van der Waals surface area contributed by atoms with E-state index in [9.17, 15) is 4.39 Å². The molecule has 0 unspecified atom stereocenters. The number of nitrogens with zero attached hydrogens (tertiary/aromatic N) is 4. The van der Waals surface area contributed by atoms with Crippen molar-refractivity contribution in [2.24, 2.45) is 0 Å². The van der Waals surface area contributed by atoms with Gasteiger partial charge in [0.15, 0.2) is 0 Å². The fourth-order valence-corrected chi connectivity index (χ4v) is 6.97. The zero-order valence-electron chi connectivity index (χ0n) is 27.6. The van der Waals surface area contributed by atoms with Gasteiger partial charge in [0.2, 0.25) is 0 Å². The molecule has 0 saturated heterocycles. The van der Waals surface area contributed by atoms with E-state index in [2.05, 4.69) is 92.8 Å². The Labute approximate surface area is 275 Å². The van der Waals surface area contributed by atoms with E-state index in [0.29, 0.717) is 11.6 Å². The third-order valence-corrected chi connectivity index (χ3v) is 9.07. The number of rotatable bonds is 9. The largest absolute Gasteiger partial charge is 0.457 e. The Bertz CT molecular complexity index is 2240. The molecule has 7 aromatic rings. The number of halogens is 1. The number of aryl methyl sites for hydroxylation is 4. The van der Waals surface area contributed by atoms with E-state index in [-0.39, 0.29) is 5.82 Å². The molecule has 3 heterocycles. The third-order valence-electron chi connectivity index (χ3n) is 9.07. The molecule has 0 saturated carbocycles. The number of fused-ring (bicyclic) bond motifs is 3. The van der Waals surface area contributed by atoms with Gasteiger partial charge < -0.3 is 4.74 Å². The number of para-hydroxylation sites is 1. The van der Waals surface area contributed by atoms with Gasteiger partial charge in [-0.25, -0.2) is 14.1 Å². The molecule has 4 aromatic carbocycles. The van der Waals surface area contributed by atoms with Gasteiger partial charge in [0.05, 0.1) is 28.1 Å². The molecule has 0 amide bonds. The van der Waals surface area contributed by atoms with Crippen LogP contribution in [0.2, 0.25) is 0 Å². The van der Waals surface area contributed by atoms with Gasteiger partial charge in [-0.1, -0.05) is 64.1 Å². The molecule has 0 aliphatic heterocycles. The Morgan fingerprint density at radius 1 is 0.681 bits per heavy atom. The van der Waals surface area contributed by atoms with Gasteiger partial charge in [0.25, 0.3) is 0 Å². The van der Waals surface area contributed by atoms with Crippen LogP contribution in [-0.4, -0.2) is 19.3 Å². The van der Waals surface area contributed by atoms with Crippen LogP contribution < -0.4 is 4.74 Å². The van der Waals surface area contributed by atoms with E-state index in [1.807, 2.05) is 34.9 Å². The van der Waals surface area contributed by atoms with Crippen LogP contribution in [0.3, 0.4) is 0 Å². The van der Waals surface area contributed by atoms with Crippen LogP contribution in [0.1, 0.15) is 55.8 Å². The van der Waals surface area contributed by atoms with Crippen molar-refractivity contribution < 1.29 is 9.13 Å². The maximum Gasteiger partial charge on any atom is 0.140 e. The molecule has 5 nitrogen and oxygen atoms in total. The van der Waals surface area contributed by atoms with Gasteiger partial charge in [-0.15, -0.1) is 0 Å². The Morgan fingerprint density at radius 2 is 1.45 bits per heavy atom. The second-order valence-corrected chi connectivity index (χ2v) is 12.0. The molecule has 0 spiro atoms. The van der Waals surface area contributed by atoms with Crippen molar-refractivity contribution in [1.82, 2.24) is 19.3 Å². The van der Waals surface area contributed by atoms with Gasteiger partial charge in [-0.3, -0.25) is 4.57 Å². The van der Waals surface area contributed by atoms with E-state index in [1.54, 1.807) is 0 Å². The summed E-state index contributed by atoms with van der Waals surface area (Å²) in [4.78, 5) is 4.50. The highest BCUT2D eigenvalue weighted by molar-refractivity contribution is 6.09. The molecule has 0 aliphatic rings. The minimum atomic E-state index is -0.329. The van der Waals surface area contributed by atoms with Crippen molar-refractivity contribution >= 4 is 21.8 Å². The first-order chi connectivity index (χ1) is 22.9. The van der Waals surface area contributed by atoms with Crippen molar-refractivity contribution in [3.05, 3.63) is 131 Å². The fraction of sp³-hybridized carbons (Fsp3) is 0.220. The lowest BCUT2D eigenvalue weighted by Gasteiger charge is -2.16. The summed E-state index contributed by atoms with van der Waals surface area (Å²) in [5.41, 5.74) is 11.6. The average molecular weight is 623 g/mol. The Kier molecular flexibility index (Phi) is 8.10. The number of hydrogen-bond acceptors (Lipinski definition) is 3. The summed E-state index contributed by atoms with van der Waals surface area (Å²) in [6.07, 6.45) is 5.14. The summed E-state index contributed by atoms with van der Waals surface area (Å²) in [5, 5.41) is 7.34. The highest BCUT2D eigenvalue weighted by Crippen LogP contribution is 2.38. The molecule has 0 N–H and O–H groups in total. The SMILES string of the molecule is CCc1cccc(CC)c1-c1c(CC)nn(-c2cc(C)cc(Oc3ccc4c5ccccc5n(-c5cc(F)ccn5)c4c3)c2)c1CC. The van der Waals surface area contributed by atoms with Crippen LogP contribution in [0.25, 0.3) is 44.4 Å². The summed E-state index contributed by atoms with van der Waals surface area (Å²) < 4.78 is 25.0. The van der Waals surface area contributed by atoms with Gasteiger partial charge in [0, 0.05) is 40.7 Å². The monoisotopic (exact) mass is 622 g/mol. The summed E-state index contributed by atoms with van der Waals surface area (Å²) >= 11 is 0. The molecular formula is C41H39FN4O. The lowest BCUT2D eigenvalue weighted by Crippen LogP contribution is -2.04. The van der Waals surface area contributed by atoms with Crippen LogP contribution in [0.5, 0.6) is 11.5 Å². The first kappa shape index (κ1) is 30.4. The highest BCUT2D eigenvalue weighted by atomic mass is 19.1. The van der Waals surface area contributed by atoms with E-state index < -0.39 is 0 Å². The molecule has 6 heteroatoms. The molecule has 0 radical (unpaired) electrons. The lowest BCUT2D eigenvalue weighted by atomic mass is 9.89. The third kappa shape index (κ3) is 5.38. The maximum absolute atomic E-state index is 14.3. The predicted octanol–water partition coefficient (Wildman–Crippen LogP) is 10.5. The van der Waals surface area contributed by atoms with Crippen LogP contribution in [0, 0.1) is 12.7 Å². The minimum Gasteiger partial charge on any atom is -0.457 e. The number of benzene rings is 4. The predicted molar refractivity (Wildman–Crippen MR) is 190 cm³/mol. The van der Waals surface area contributed by atoms with Crippen LogP contribution in [0.15, 0.2) is 97.2 Å². The Hall–Kier alpha value is -5.23. The first-order valence-electron chi connectivity index (χ1n) is 16.6.